The maximum absolute atomic E-state index is 5.68. The first kappa shape index (κ1) is 10.2. The van der Waals surface area contributed by atoms with Gasteiger partial charge in [-0.2, -0.15) is 0 Å². The Bertz CT molecular complexity index is 437. The standard InChI is InChI=1S/C11H12ClN3/c1-8-6-10(9-3-5-13-7-9)15-11(14-8)2-4-12/h3,5-7,13H,2,4H2,1H3. The van der Waals surface area contributed by atoms with Crippen molar-refractivity contribution in [2.75, 3.05) is 5.88 Å². The zero-order valence-corrected chi connectivity index (χ0v) is 9.25. The number of alkyl halides is 1. The van der Waals surface area contributed by atoms with Crippen LogP contribution in [-0.2, 0) is 6.42 Å². The number of hydrogen-bond donors (Lipinski definition) is 1. The summed E-state index contributed by atoms with van der Waals surface area (Å²) in [5.41, 5.74) is 3.00. The van der Waals surface area contributed by atoms with Gasteiger partial charge in [0.25, 0.3) is 0 Å². The lowest BCUT2D eigenvalue weighted by Gasteiger charge is -2.03. The lowest BCUT2D eigenvalue weighted by atomic mass is 10.2. The molecular weight excluding hydrogens is 210 g/mol. The number of hydrogen-bond acceptors (Lipinski definition) is 2. The Morgan fingerprint density at radius 3 is 2.93 bits per heavy atom. The molecule has 0 fully saturated rings. The first-order valence-corrected chi connectivity index (χ1v) is 5.37. The molecule has 2 heterocycles. The van der Waals surface area contributed by atoms with Crippen LogP contribution in [0.25, 0.3) is 11.3 Å². The molecule has 1 N–H and O–H groups in total. The summed E-state index contributed by atoms with van der Waals surface area (Å²) in [6, 6.07) is 3.97. The third-order valence-electron chi connectivity index (χ3n) is 2.11. The van der Waals surface area contributed by atoms with Crippen LogP contribution in [0.3, 0.4) is 0 Å². The number of aryl methyl sites for hydroxylation is 2. The molecule has 2 aromatic heterocycles. The number of aromatic nitrogens is 3. The van der Waals surface area contributed by atoms with Crippen LogP contribution in [0, 0.1) is 6.92 Å². The van der Waals surface area contributed by atoms with E-state index in [2.05, 4.69) is 15.0 Å². The Labute approximate surface area is 93.5 Å². The van der Waals surface area contributed by atoms with E-state index in [9.17, 15) is 0 Å². The summed E-state index contributed by atoms with van der Waals surface area (Å²) >= 11 is 5.68. The van der Waals surface area contributed by atoms with Crippen molar-refractivity contribution < 1.29 is 0 Å². The minimum absolute atomic E-state index is 0.552. The minimum Gasteiger partial charge on any atom is -0.367 e. The van der Waals surface area contributed by atoms with Gasteiger partial charge in [-0.05, 0) is 19.1 Å². The molecule has 0 aromatic carbocycles. The van der Waals surface area contributed by atoms with E-state index in [0.29, 0.717) is 12.3 Å². The highest BCUT2D eigenvalue weighted by atomic mass is 35.5. The molecule has 0 spiro atoms. The van der Waals surface area contributed by atoms with Crippen LogP contribution in [-0.4, -0.2) is 20.8 Å². The molecule has 2 rings (SSSR count). The molecular formula is C11H12ClN3. The maximum atomic E-state index is 5.68. The van der Waals surface area contributed by atoms with E-state index in [-0.39, 0.29) is 0 Å². The molecule has 0 aliphatic carbocycles. The second-order valence-corrected chi connectivity index (χ2v) is 3.73. The summed E-state index contributed by atoms with van der Waals surface area (Å²) in [5.74, 6) is 1.36. The van der Waals surface area contributed by atoms with E-state index < -0.39 is 0 Å². The Hall–Kier alpha value is -1.35. The van der Waals surface area contributed by atoms with Crippen LogP contribution in [0.4, 0.5) is 0 Å². The van der Waals surface area contributed by atoms with Crippen molar-refractivity contribution in [3.63, 3.8) is 0 Å². The summed E-state index contributed by atoms with van der Waals surface area (Å²) in [6.07, 6.45) is 4.51. The van der Waals surface area contributed by atoms with Crippen LogP contribution >= 0.6 is 11.6 Å². The molecule has 0 amide bonds. The van der Waals surface area contributed by atoms with Crippen molar-refractivity contribution >= 4 is 11.6 Å². The van der Waals surface area contributed by atoms with Crippen molar-refractivity contribution in [3.8, 4) is 11.3 Å². The quantitative estimate of drug-likeness (QED) is 0.810. The molecule has 0 aliphatic heterocycles. The van der Waals surface area contributed by atoms with Crippen molar-refractivity contribution in [1.29, 1.82) is 0 Å². The van der Waals surface area contributed by atoms with Gasteiger partial charge in [0.2, 0.25) is 0 Å². The van der Waals surface area contributed by atoms with Gasteiger partial charge in [-0.1, -0.05) is 0 Å². The first-order valence-electron chi connectivity index (χ1n) is 4.83. The first-order chi connectivity index (χ1) is 7.29. The summed E-state index contributed by atoms with van der Waals surface area (Å²) in [5, 5.41) is 0. The van der Waals surface area contributed by atoms with E-state index in [4.69, 9.17) is 11.6 Å². The second-order valence-electron chi connectivity index (χ2n) is 3.35. The van der Waals surface area contributed by atoms with Gasteiger partial charge in [0.1, 0.15) is 5.82 Å². The third-order valence-corrected chi connectivity index (χ3v) is 2.30. The maximum Gasteiger partial charge on any atom is 0.130 e. The molecule has 0 aliphatic rings. The van der Waals surface area contributed by atoms with Gasteiger partial charge in [0.15, 0.2) is 0 Å². The predicted octanol–water partition coefficient (Wildman–Crippen LogP) is 2.56. The zero-order valence-electron chi connectivity index (χ0n) is 8.50. The number of halogens is 1. The average Bonchev–Trinajstić information content (AvgIpc) is 2.70. The Balaban J connectivity index is 2.40. The normalized spacial score (nSPS) is 10.5. The second kappa shape index (κ2) is 4.45. The highest BCUT2D eigenvalue weighted by Gasteiger charge is 2.04. The van der Waals surface area contributed by atoms with E-state index in [1.165, 1.54) is 0 Å². The minimum atomic E-state index is 0.552. The van der Waals surface area contributed by atoms with Gasteiger partial charge >= 0.3 is 0 Å². The van der Waals surface area contributed by atoms with Crippen LogP contribution in [0.5, 0.6) is 0 Å². The number of nitrogens with zero attached hydrogens (tertiary/aromatic N) is 2. The monoisotopic (exact) mass is 221 g/mol. The number of H-pyrrole nitrogens is 1. The molecule has 0 saturated carbocycles. The highest BCUT2D eigenvalue weighted by Crippen LogP contribution is 2.16. The molecule has 0 atom stereocenters. The van der Waals surface area contributed by atoms with Crippen LogP contribution < -0.4 is 0 Å². The molecule has 0 saturated heterocycles. The Morgan fingerprint density at radius 2 is 2.27 bits per heavy atom. The number of nitrogens with one attached hydrogen (secondary N) is 1. The van der Waals surface area contributed by atoms with Crippen LogP contribution in [0.2, 0.25) is 0 Å². The van der Waals surface area contributed by atoms with Crippen LogP contribution in [0.1, 0.15) is 11.5 Å². The SMILES string of the molecule is Cc1cc(-c2cc[nH]c2)nc(CCCl)n1. The van der Waals surface area contributed by atoms with Gasteiger partial charge in [0.05, 0.1) is 5.69 Å². The molecule has 4 heteroatoms. The number of rotatable bonds is 3. The Morgan fingerprint density at radius 1 is 1.40 bits per heavy atom. The summed E-state index contributed by atoms with van der Waals surface area (Å²) < 4.78 is 0. The van der Waals surface area contributed by atoms with Gasteiger partial charge < -0.3 is 4.98 Å². The molecule has 2 aromatic rings. The van der Waals surface area contributed by atoms with E-state index >= 15 is 0 Å². The summed E-state index contributed by atoms with van der Waals surface area (Å²) in [4.78, 5) is 11.8. The van der Waals surface area contributed by atoms with E-state index in [1.54, 1.807) is 0 Å². The average molecular weight is 222 g/mol. The molecule has 0 unspecified atom stereocenters. The topological polar surface area (TPSA) is 41.6 Å². The number of aromatic amines is 1. The fourth-order valence-electron chi connectivity index (χ4n) is 1.46. The lowest BCUT2D eigenvalue weighted by Crippen LogP contribution is -1.99. The van der Waals surface area contributed by atoms with Gasteiger partial charge in [-0.3, -0.25) is 0 Å². The van der Waals surface area contributed by atoms with Crippen molar-refractivity contribution in [3.05, 3.63) is 36.0 Å². The Kier molecular flexibility index (Phi) is 3.02. The molecule has 15 heavy (non-hydrogen) atoms. The summed E-state index contributed by atoms with van der Waals surface area (Å²) in [7, 11) is 0. The molecule has 3 nitrogen and oxygen atoms in total. The van der Waals surface area contributed by atoms with Crippen molar-refractivity contribution in [2.45, 2.75) is 13.3 Å². The largest absolute Gasteiger partial charge is 0.367 e. The fourth-order valence-corrected chi connectivity index (χ4v) is 1.63. The van der Waals surface area contributed by atoms with E-state index in [1.807, 2.05) is 31.5 Å². The predicted molar refractivity (Wildman–Crippen MR) is 61.0 cm³/mol. The molecule has 0 bridgehead atoms. The van der Waals surface area contributed by atoms with Crippen LogP contribution in [0.15, 0.2) is 24.5 Å². The highest BCUT2D eigenvalue weighted by molar-refractivity contribution is 6.17. The fraction of sp³-hybridized carbons (Fsp3) is 0.273. The zero-order chi connectivity index (χ0) is 10.7. The summed E-state index contributed by atoms with van der Waals surface area (Å²) in [6.45, 7) is 1.97. The van der Waals surface area contributed by atoms with E-state index in [0.717, 1.165) is 22.8 Å². The van der Waals surface area contributed by atoms with Gasteiger partial charge in [0, 0.05) is 36.0 Å². The third kappa shape index (κ3) is 2.36. The smallest absolute Gasteiger partial charge is 0.130 e. The van der Waals surface area contributed by atoms with Crippen molar-refractivity contribution in [2.24, 2.45) is 0 Å². The van der Waals surface area contributed by atoms with Crippen molar-refractivity contribution in [1.82, 2.24) is 15.0 Å². The van der Waals surface area contributed by atoms with Gasteiger partial charge in [-0.25, -0.2) is 9.97 Å². The van der Waals surface area contributed by atoms with Gasteiger partial charge in [-0.15, -0.1) is 11.6 Å². The molecule has 78 valence electrons. The molecule has 0 radical (unpaired) electrons. The lowest BCUT2D eigenvalue weighted by molar-refractivity contribution is 0.926.